The van der Waals surface area contributed by atoms with E-state index >= 15 is 0 Å². The number of sulfonamides is 1. The molecule has 1 amide bonds. The van der Waals surface area contributed by atoms with Gasteiger partial charge in [0, 0.05) is 32.2 Å². The zero-order valence-electron chi connectivity index (χ0n) is 15.8. The highest BCUT2D eigenvalue weighted by Gasteiger charge is 2.37. The lowest BCUT2D eigenvalue weighted by Gasteiger charge is -2.42. The molecule has 9 heteroatoms. The lowest BCUT2D eigenvalue weighted by Crippen LogP contribution is -2.54. The third-order valence-electron chi connectivity index (χ3n) is 5.30. The van der Waals surface area contributed by atoms with Crippen molar-refractivity contribution in [2.45, 2.75) is 31.2 Å². The number of likely N-dealkylation sites (tertiary alicyclic amines) is 1. The number of amides is 1. The molecular formula is C18H28ClN3O4S. The predicted octanol–water partition coefficient (Wildman–Crippen LogP) is 1.33. The standard InChI is InChI=1S/C18H27N3O4S.ClH/c1-18(2)13-20(8-7-16(18)19)17(22)14-5-3-4-6-15(14)26(23,24)21-9-11-25-12-10-21;/h3-6,16H,7-13,19H2,1-2H3;1H. The maximum absolute atomic E-state index is 13.1. The molecule has 0 aliphatic carbocycles. The van der Waals surface area contributed by atoms with Gasteiger partial charge in [0.1, 0.15) is 0 Å². The van der Waals surface area contributed by atoms with Gasteiger partial charge in [-0.15, -0.1) is 12.4 Å². The number of morpholine rings is 1. The summed E-state index contributed by atoms with van der Waals surface area (Å²) in [5.41, 5.74) is 6.18. The topological polar surface area (TPSA) is 92.9 Å². The first kappa shape index (κ1) is 22.1. The largest absolute Gasteiger partial charge is 0.379 e. The lowest BCUT2D eigenvalue weighted by molar-refractivity contribution is 0.0528. The fraction of sp³-hybridized carbons (Fsp3) is 0.611. The van der Waals surface area contributed by atoms with Gasteiger partial charge in [0.15, 0.2) is 0 Å². The van der Waals surface area contributed by atoms with Crippen LogP contribution in [0.1, 0.15) is 30.6 Å². The van der Waals surface area contributed by atoms with Crippen molar-refractivity contribution in [3.63, 3.8) is 0 Å². The van der Waals surface area contributed by atoms with E-state index in [4.69, 9.17) is 10.5 Å². The van der Waals surface area contributed by atoms with Crippen molar-refractivity contribution in [3.05, 3.63) is 29.8 Å². The molecule has 2 aliphatic rings. The van der Waals surface area contributed by atoms with Gasteiger partial charge in [0.05, 0.1) is 23.7 Å². The minimum Gasteiger partial charge on any atom is -0.379 e. The lowest BCUT2D eigenvalue weighted by atomic mass is 9.79. The Bertz CT molecular complexity index is 779. The van der Waals surface area contributed by atoms with E-state index in [9.17, 15) is 13.2 Å². The number of benzene rings is 1. The van der Waals surface area contributed by atoms with Crippen LogP contribution in [-0.4, -0.2) is 69.0 Å². The molecule has 1 atom stereocenters. The minimum atomic E-state index is -3.73. The first-order valence-corrected chi connectivity index (χ1v) is 10.4. The Kier molecular flexibility index (Phi) is 6.91. The minimum absolute atomic E-state index is 0. The van der Waals surface area contributed by atoms with Gasteiger partial charge in [0.25, 0.3) is 5.91 Å². The molecule has 7 nitrogen and oxygen atoms in total. The number of halogens is 1. The van der Waals surface area contributed by atoms with Crippen LogP contribution in [0.2, 0.25) is 0 Å². The number of carbonyl (C=O) groups is 1. The zero-order valence-corrected chi connectivity index (χ0v) is 17.4. The van der Waals surface area contributed by atoms with Crippen LogP contribution in [0.3, 0.4) is 0 Å². The Hall–Kier alpha value is -1.19. The summed E-state index contributed by atoms with van der Waals surface area (Å²) in [5.74, 6) is -0.252. The van der Waals surface area contributed by atoms with E-state index in [1.54, 1.807) is 23.1 Å². The highest BCUT2D eigenvalue weighted by molar-refractivity contribution is 7.89. The monoisotopic (exact) mass is 417 g/mol. The summed E-state index contributed by atoms with van der Waals surface area (Å²) in [6, 6.07) is 6.49. The number of nitrogens with zero attached hydrogens (tertiary/aromatic N) is 2. The summed E-state index contributed by atoms with van der Waals surface area (Å²) in [4.78, 5) is 14.9. The quantitative estimate of drug-likeness (QED) is 0.800. The van der Waals surface area contributed by atoms with E-state index < -0.39 is 10.0 Å². The van der Waals surface area contributed by atoms with Crippen molar-refractivity contribution in [3.8, 4) is 0 Å². The summed E-state index contributed by atoms with van der Waals surface area (Å²) in [5, 5.41) is 0. The number of carbonyl (C=O) groups excluding carboxylic acids is 1. The Morgan fingerprint density at radius 3 is 2.44 bits per heavy atom. The van der Waals surface area contributed by atoms with Crippen LogP contribution in [-0.2, 0) is 14.8 Å². The summed E-state index contributed by atoms with van der Waals surface area (Å²) in [6.45, 7) is 6.46. The molecule has 2 N–H and O–H groups in total. The molecule has 0 saturated carbocycles. The molecule has 1 aromatic carbocycles. The Labute approximate surface area is 167 Å². The van der Waals surface area contributed by atoms with Gasteiger partial charge < -0.3 is 15.4 Å². The number of hydrogen-bond donors (Lipinski definition) is 1. The van der Waals surface area contributed by atoms with Crippen LogP contribution in [0.25, 0.3) is 0 Å². The molecule has 2 fully saturated rings. The van der Waals surface area contributed by atoms with E-state index in [0.29, 0.717) is 45.8 Å². The summed E-state index contributed by atoms with van der Waals surface area (Å²) >= 11 is 0. The van der Waals surface area contributed by atoms with Crippen LogP contribution < -0.4 is 5.73 Å². The van der Waals surface area contributed by atoms with Crippen LogP contribution in [0.4, 0.5) is 0 Å². The van der Waals surface area contributed by atoms with E-state index in [0.717, 1.165) is 0 Å². The first-order valence-electron chi connectivity index (χ1n) is 8.95. The number of rotatable bonds is 3. The van der Waals surface area contributed by atoms with Crippen molar-refractivity contribution < 1.29 is 17.9 Å². The molecule has 1 unspecified atom stereocenters. The number of piperidine rings is 1. The van der Waals surface area contributed by atoms with Gasteiger partial charge >= 0.3 is 0 Å². The Morgan fingerprint density at radius 2 is 1.81 bits per heavy atom. The third kappa shape index (κ3) is 4.46. The van der Waals surface area contributed by atoms with E-state index in [1.165, 1.54) is 10.4 Å². The van der Waals surface area contributed by atoms with Gasteiger partial charge in [-0.3, -0.25) is 4.79 Å². The predicted molar refractivity (Wildman–Crippen MR) is 106 cm³/mol. The SMILES string of the molecule is CC1(C)CN(C(=O)c2ccccc2S(=O)(=O)N2CCOCC2)CCC1N.Cl. The van der Waals surface area contributed by atoms with E-state index in [-0.39, 0.29) is 40.2 Å². The smallest absolute Gasteiger partial charge is 0.255 e. The van der Waals surface area contributed by atoms with Crippen molar-refractivity contribution in [2.24, 2.45) is 11.1 Å². The average Bonchev–Trinajstić information content (AvgIpc) is 2.64. The second kappa shape index (κ2) is 8.45. The van der Waals surface area contributed by atoms with Gasteiger partial charge in [-0.25, -0.2) is 8.42 Å². The number of hydrogen-bond acceptors (Lipinski definition) is 5. The maximum atomic E-state index is 13.1. The fourth-order valence-electron chi connectivity index (χ4n) is 3.51. The third-order valence-corrected chi connectivity index (χ3v) is 7.26. The van der Waals surface area contributed by atoms with Gasteiger partial charge in [-0.2, -0.15) is 4.31 Å². The zero-order chi connectivity index (χ0) is 18.9. The van der Waals surface area contributed by atoms with Crippen LogP contribution in [0, 0.1) is 5.41 Å². The van der Waals surface area contributed by atoms with Crippen molar-refractivity contribution in [2.75, 3.05) is 39.4 Å². The summed E-state index contributed by atoms with van der Waals surface area (Å²) in [7, 11) is -3.73. The molecule has 27 heavy (non-hydrogen) atoms. The molecular weight excluding hydrogens is 390 g/mol. The molecule has 2 saturated heterocycles. The second-order valence-electron chi connectivity index (χ2n) is 7.62. The van der Waals surface area contributed by atoms with Crippen LogP contribution >= 0.6 is 12.4 Å². The molecule has 152 valence electrons. The normalized spacial score (nSPS) is 23.5. The fourth-order valence-corrected chi connectivity index (χ4v) is 5.10. The summed E-state index contributed by atoms with van der Waals surface area (Å²) < 4.78 is 32.7. The molecule has 2 aliphatic heterocycles. The average molecular weight is 418 g/mol. The highest BCUT2D eigenvalue weighted by Crippen LogP contribution is 2.30. The van der Waals surface area contributed by atoms with Crippen molar-refractivity contribution in [1.82, 2.24) is 9.21 Å². The Morgan fingerprint density at radius 1 is 1.19 bits per heavy atom. The first-order chi connectivity index (χ1) is 12.2. The summed E-state index contributed by atoms with van der Waals surface area (Å²) in [6.07, 6.45) is 0.705. The maximum Gasteiger partial charge on any atom is 0.255 e. The van der Waals surface area contributed by atoms with Crippen LogP contribution in [0.15, 0.2) is 29.2 Å². The van der Waals surface area contributed by atoms with E-state index in [1.807, 2.05) is 13.8 Å². The molecule has 2 heterocycles. The van der Waals surface area contributed by atoms with E-state index in [2.05, 4.69) is 0 Å². The van der Waals surface area contributed by atoms with Crippen molar-refractivity contribution in [1.29, 1.82) is 0 Å². The number of ether oxygens (including phenoxy) is 1. The highest BCUT2D eigenvalue weighted by atomic mass is 35.5. The molecule has 0 aromatic heterocycles. The molecule has 0 bridgehead atoms. The van der Waals surface area contributed by atoms with Crippen LogP contribution in [0.5, 0.6) is 0 Å². The molecule has 0 spiro atoms. The molecule has 0 radical (unpaired) electrons. The van der Waals surface area contributed by atoms with Gasteiger partial charge in [-0.05, 0) is 24.0 Å². The van der Waals surface area contributed by atoms with Gasteiger partial charge in [0.2, 0.25) is 10.0 Å². The molecule has 3 rings (SSSR count). The number of nitrogens with two attached hydrogens (primary N) is 1. The van der Waals surface area contributed by atoms with Gasteiger partial charge in [-0.1, -0.05) is 26.0 Å². The Balaban J connectivity index is 0.00000261. The second-order valence-corrected chi connectivity index (χ2v) is 9.53. The van der Waals surface area contributed by atoms with Crippen molar-refractivity contribution >= 4 is 28.3 Å². The molecule has 1 aromatic rings.